The zero-order chi connectivity index (χ0) is 28.0. The van der Waals surface area contributed by atoms with E-state index < -0.39 is 11.0 Å². The number of amides is 3. The highest BCUT2D eigenvalue weighted by Gasteiger charge is 2.51. The SMILES string of the molecule is O=C(CN1C(=O)C2(COCCOC2)NC[C@H]1c1ccccc1)Nc1ccc2c(c1)C[C@@]1(C2)C(=O)Nc2ncccc21. The van der Waals surface area contributed by atoms with Crippen molar-refractivity contribution in [3.05, 3.63) is 89.1 Å². The van der Waals surface area contributed by atoms with Gasteiger partial charge in [-0.3, -0.25) is 19.7 Å². The minimum Gasteiger partial charge on any atom is -0.376 e. The van der Waals surface area contributed by atoms with Gasteiger partial charge in [-0.05, 0) is 47.7 Å². The van der Waals surface area contributed by atoms with Gasteiger partial charge in [0.05, 0.1) is 37.9 Å². The standard InChI is InChI=1S/C31H31N5O5/c37-26(17-36-25(20-5-2-1-3-6-20)16-33-31(29(36)39)18-40-11-12-41-19-31)34-23-9-8-21-14-30(15-22(21)13-23)24-7-4-10-32-27(24)35-28(30)38/h1-10,13,25,33H,11-12,14-19H2,(H,34,37)(H,32,35,38)/t25-,30+/m0/s1. The van der Waals surface area contributed by atoms with E-state index >= 15 is 0 Å². The van der Waals surface area contributed by atoms with Crippen LogP contribution < -0.4 is 16.0 Å². The van der Waals surface area contributed by atoms with Gasteiger partial charge in [-0.25, -0.2) is 4.98 Å². The summed E-state index contributed by atoms with van der Waals surface area (Å²) in [6, 6.07) is 19.0. The van der Waals surface area contributed by atoms with E-state index in [1.165, 1.54) is 0 Å². The first-order valence-corrected chi connectivity index (χ1v) is 13.9. The Labute approximate surface area is 237 Å². The summed E-state index contributed by atoms with van der Waals surface area (Å²) in [5.41, 5.74) is 2.87. The van der Waals surface area contributed by atoms with E-state index in [0.717, 1.165) is 22.3 Å². The summed E-state index contributed by atoms with van der Waals surface area (Å²) in [5.74, 6) is 0.0602. The van der Waals surface area contributed by atoms with Crippen LogP contribution in [0.4, 0.5) is 11.5 Å². The predicted octanol–water partition coefficient (Wildman–Crippen LogP) is 1.97. The van der Waals surface area contributed by atoms with Crippen LogP contribution in [0.1, 0.15) is 28.3 Å². The maximum atomic E-state index is 13.9. The summed E-state index contributed by atoms with van der Waals surface area (Å²) >= 11 is 0. The molecule has 3 N–H and O–H groups in total. The van der Waals surface area contributed by atoms with E-state index in [1.54, 1.807) is 11.1 Å². The van der Waals surface area contributed by atoms with Crippen LogP contribution in [-0.4, -0.2) is 72.7 Å². The van der Waals surface area contributed by atoms with Crippen LogP contribution in [0, 0.1) is 0 Å². The van der Waals surface area contributed by atoms with Crippen molar-refractivity contribution in [1.29, 1.82) is 0 Å². The minimum atomic E-state index is -1.03. The molecule has 3 aromatic rings. The zero-order valence-electron chi connectivity index (χ0n) is 22.5. The van der Waals surface area contributed by atoms with Crippen LogP contribution in [0.2, 0.25) is 0 Å². The topological polar surface area (TPSA) is 122 Å². The molecule has 0 unspecified atom stereocenters. The van der Waals surface area contributed by atoms with E-state index in [0.29, 0.717) is 44.1 Å². The average Bonchev–Trinajstić information content (AvgIpc) is 3.38. The Bertz CT molecular complexity index is 1520. The van der Waals surface area contributed by atoms with Gasteiger partial charge in [-0.1, -0.05) is 42.5 Å². The number of piperazine rings is 1. The molecule has 2 spiro atoms. The Balaban J connectivity index is 1.11. The molecule has 1 aromatic heterocycles. The maximum absolute atomic E-state index is 13.9. The monoisotopic (exact) mass is 553 g/mol. The number of nitrogens with one attached hydrogen (secondary N) is 3. The minimum absolute atomic E-state index is 0.0439. The molecule has 0 bridgehead atoms. The Morgan fingerprint density at radius 3 is 2.59 bits per heavy atom. The van der Waals surface area contributed by atoms with Gasteiger partial charge in [-0.2, -0.15) is 0 Å². The lowest BCUT2D eigenvalue weighted by Crippen LogP contribution is -2.69. The van der Waals surface area contributed by atoms with E-state index in [4.69, 9.17) is 9.47 Å². The number of hydrogen-bond donors (Lipinski definition) is 3. The average molecular weight is 554 g/mol. The highest BCUT2D eigenvalue weighted by atomic mass is 16.5. The summed E-state index contributed by atoms with van der Waals surface area (Å²) in [6.07, 6.45) is 2.80. The number of rotatable bonds is 4. The molecule has 10 heteroatoms. The summed E-state index contributed by atoms with van der Waals surface area (Å²) in [7, 11) is 0. The lowest BCUT2D eigenvalue weighted by Gasteiger charge is -2.45. The van der Waals surface area contributed by atoms with Crippen LogP contribution >= 0.6 is 0 Å². The molecular formula is C31H31N5O5. The first-order chi connectivity index (χ1) is 20.0. The molecule has 7 rings (SSSR count). The number of hydrogen-bond acceptors (Lipinski definition) is 7. The van der Waals surface area contributed by atoms with Crippen molar-refractivity contribution in [2.75, 3.05) is 50.2 Å². The van der Waals surface area contributed by atoms with Crippen molar-refractivity contribution in [3.8, 4) is 0 Å². The Kier molecular flexibility index (Phi) is 6.33. The first-order valence-electron chi connectivity index (χ1n) is 13.9. The van der Waals surface area contributed by atoms with Crippen LogP contribution in [0.5, 0.6) is 0 Å². The van der Waals surface area contributed by atoms with Gasteiger partial charge in [0, 0.05) is 24.0 Å². The van der Waals surface area contributed by atoms with Crippen molar-refractivity contribution >= 4 is 29.2 Å². The molecule has 41 heavy (non-hydrogen) atoms. The molecular weight excluding hydrogens is 522 g/mol. The number of aromatic nitrogens is 1. The Morgan fingerprint density at radius 2 is 1.78 bits per heavy atom. The van der Waals surface area contributed by atoms with Gasteiger partial charge in [0.2, 0.25) is 17.7 Å². The molecule has 2 aromatic carbocycles. The molecule has 2 fully saturated rings. The summed E-state index contributed by atoms with van der Waals surface area (Å²) < 4.78 is 11.4. The molecule has 1 aliphatic carbocycles. The number of ether oxygens (including phenoxy) is 2. The van der Waals surface area contributed by atoms with Crippen molar-refractivity contribution in [3.63, 3.8) is 0 Å². The molecule has 210 valence electrons. The number of carbonyl (C=O) groups excluding carboxylic acids is 3. The molecule has 4 aliphatic rings. The summed E-state index contributed by atoms with van der Waals surface area (Å²) in [6.45, 7) is 1.55. The second-order valence-corrected chi connectivity index (χ2v) is 11.2. The van der Waals surface area contributed by atoms with Gasteiger partial charge in [0.15, 0.2) is 0 Å². The maximum Gasteiger partial charge on any atom is 0.248 e. The number of fused-ring (bicyclic) bond motifs is 3. The quantitative estimate of drug-likeness (QED) is 0.452. The van der Waals surface area contributed by atoms with Gasteiger partial charge in [-0.15, -0.1) is 0 Å². The van der Waals surface area contributed by atoms with Gasteiger partial charge in [0.25, 0.3) is 0 Å². The Morgan fingerprint density at radius 1 is 1.00 bits per heavy atom. The van der Waals surface area contributed by atoms with Crippen LogP contribution in [0.15, 0.2) is 66.9 Å². The molecule has 2 saturated heterocycles. The molecule has 0 saturated carbocycles. The lowest BCUT2D eigenvalue weighted by atomic mass is 9.79. The molecule has 0 radical (unpaired) electrons. The van der Waals surface area contributed by atoms with E-state index in [-0.39, 0.29) is 43.5 Å². The van der Waals surface area contributed by atoms with E-state index in [9.17, 15) is 14.4 Å². The first kappa shape index (κ1) is 25.8. The third-order valence-electron chi connectivity index (χ3n) is 8.71. The largest absolute Gasteiger partial charge is 0.376 e. The number of pyridine rings is 1. The lowest BCUT2D eigenvalue weighted by molar-refractivity contribution is -0.151. The van der Waals surface area contributed by atoms with Crippen molar-refractivity contribution in [2.24, 2.45) is 0 Å². The number of carbonyl (C=O) groups is 3. The second-order valence-electron chi connectivity index (χ2n) is 11.2. The molecule has 4 heterocycles. The van der Waals surface area contributed by atoms with Crippen molar-refractivity contribution < 1.29 is 23.9 Å². The van der Waals surface area contributed by atoms with Crippen molar-refractivity contribution in [2.45, 2.75) is 29.8 Å². The predicted molar refractivity (Wildman–Crippen MR) is 150 cm³/mol. The third-order valence-corrected chi connectivity index (χ3v) is 8.71. The summed E-state index contributed by atoms with van der Waals surface area (Å²) in [4.78, 5) is 46.4. The zero-order valence-corrected chi connectivity index (χ0v) is 22.5. The second kappa shape index (κ2) is 10.1. The fourth-order valence-electron chi connectivity index (χ4n) is 6.63. The van der Waals surface area contributed by atoms with Gasteiger partial charge >= 0.3 is 0 Å². The smallest absolute Gasteiger partial charge is 0.248 e. The molecule has 3 aliphatic heterocycles. The van der Waals surface area contributed by atoms with Crippen LogP contribution in [0.25, 0.3) is 0 Å². The molecule has 10 nitrogen and oxygen atoms in total. The van der Waals surface area contributed by atoms with Crippen LogP contribution in [-0.2, 0) is 42.1 Å². The normalized spacial score (nSPS) is 24.6. The number of anilines is 2. The number of benzene rings is 2. The number of nitrogens with zero attached hydrogens (tertiary/aromatic N) is 2. The van der Waals surface area contributed by atoms with E-state index in [1.807, 2.05) is 60.7 Å². The van der Waals surface area contributed by atoms with E-state index in [2.05, 4.69) is 20.9 Å². The highest BCUT2D eigenvalue weighted by Crippen LogP contribution is 2.47. The fourth-order valence-corrected chi connectivity index (χ4v) is 6.63. The Hall–Kier alpha value is -4.12. The molecule has 2 atom stereocenters. The van der Waals surface area contributed by atoms with Crippen LogP contribution in [0.3, 0.4) is 0 Å². The van der Waals surface area contributed by atoms with Gasteiger partial charge < -0.3 is 25.0 Å². The summed E-state index contributed by atoms with van der Waals surface area (Å²) in [5, 5.41) is 9.30. The van der Waals surface area contributed by atoms with Gasteiger partial charge in [0.1, 0.15) is 17.9 Å². The molecule has 3 amide bonds. The van der Waals surface area contributed by atoms with Crippen molar-refractivity contribution in [1.82, 2.24) is 15.2 Å². The fraction of sp³-hybridized carbons (Fsp3) is 0.355. The highest BCUT2D eigenvalue weighted by molar-refractivity contribution is 6.06. The third kappa shape index (κ3) is 4.39.